The predicted molar refractivity (Wildman–Crippen MR) is 94.0 cm³/mol. The lowest BCUT2D eigenvalue weighted by Gasteiger charge is -2.13. The SMILES string of the molecule is O=C(CC[C@H]1NC(=O)N(Cc2ccccc2)C1=O)NCCc1ccco1. The van der Waals surface area contributed by atoms with Crippen LogP contribution in [0.15, 0.2) is 53.1 Å². The molecule has 0 radical (unpaired) electrons. The Hall–Kier alpha value is -3.09. The van der Waals surface area contributed by atoms with Gasteiger partial charge in [-0.05, 0) is 24.1 Å². The third-order valence-electron chi connectivity index (χ3n) is 4.22. The first-order chi connectivity index (χ1) is 12.6. The van der Waals surface area contributed by atoms with Crippen molar-refractivity contribution in [2.24, 2.45) is 0 Å². The molecule has 136 valence electrons. The fraction of sp³-hybridized carbons (Fsp3) is 0.316. The molecule has 26 heavy (non-hydrogen) atoms. The minimum Gasteiger partial charge on any atom is -0.469 e. The Kier molecular flexibility index (Phi) is 5.68. The van der Waals surface area contributed by atoms with Crippen LogP contribution in [0.5, 0.6) is 0 Å². The fourth-order valence-corrected chi connectivity index (χ4v) is 2.83. The molecule has 0 saturated carbocycles. The number of carbonyl (C=O) groups is 3. The Balaban J connectivity index is 1.42. The normalized spacial score (nSPS) is 16.6. The summed E-state index contributed by atoms with van der Waals surface area (Å²) in [6.07, 6.45) is 2.66. The van der Waals surface area contributed by atoms with Crippen LogP contribution in [0.2, 0.25) is 0 Å². The maximum Gasteiger partial charge on any atom is 0.325 e. The number of imide groups is 1. The van der Waals surface area contributed by atoms with Crippen molar-refractivity contribution in [2.75, 3.05) is 6.54 Å². The van der Waals surface area contributed by atoms with E-state index < -0.39 is 12.1 Å². The second kappa shape index (κ2) is 8.33. The summed E-state index contributed by atoms with van der Waals surface area (Å²) < 4.78 is 5.19. The topological polar surface area (TPSA) is 91.7 Å². The second-order valence-corrected chi connectivity index (χ2v) is 6.13. The zero-order valence-electron chi connectivity index (χ0n) is 14.3. The van der Waals surface area contributed by atoms with Gasteiger partial charge in [-0.1, -0.05) is 30.3 Å². The molecule has 3 rings (SSSR count). The Morgan fingerprint density at radius 2 is 1.96 bits per heavy atom. The highest BCUT2D eigenvalue weighted by atomic mass is 16.3. The molecular weight excluding hydrogens is 334 g/mol. The summed E-state index contributed by atoms with van der Waals surface area (Å²) >= 11 is 0. The van der Waals surface area contributed by atoms with E-state index in [1.54, 1.807) is 12.3 Å². The van der Waals surface area contributed by atoms with Gasteiger partial charge in [-0.2, -0.15) is 0 Å². The standard InChI is InChI=1S/C19H21N3O4/c23-17(20-11-10-15-7-4-12-26-15)9-8-16-18(24)22(19(25)21-16)13-14-5-2-1-3-6-14/h1-7,12,16H,8-11,13H2,(H,20,23)(H,21,25)/t16-/m1/s1. The number of hydrogen-bond acceptors (Lipinski definition) is 4. The smallest absolute Gasteiger partial charge is 0.325 e. The van der Waals surface area contributed by atoms with Gasteiger partial charge in [-0.25, -0.2) is 4.79 Å². The van der Waals surface area contributed by atoms with Crippen LogP contribution >= 0.6 is 0 Å². The second-order valence-electron chi connectivity index (χ2n) is 6.13. The molecule has 1 atom stereocenters. The van der Waals surface area contributed by atoms with Crippen LogP contribution in [-0.4, -0.2) is 35.3 Å². The number of nitrogens with zero attached hydrogens (tertiary/aromatic N) is 1. The van der Waals surface area contributed by atoms with E-state index in [1.165, 1.54) is 4.90 Å². The van der Waals surface area contributed by atoms with E-state index in [2.05, 4.69) is 10.6 Å². The van der Waals surface area contributed by atoms with Crippen LogP contribution in [0.1, 0.15) is 24.2 Å². The summed E-state index contributed by atoms with van der Waals surface area (Å²) in [7, 11) is 0. The van der Waals surface area contributed by atoms with E-state index in [1.807, 2.05) is 36.4 Å². The van der Waals surface area contributed by atoms with Gasteiger partial charge in [0, 0.05) is 19.4 Å². The Morgan fingerprint density at radius 3 is 2.69 bits per heavy atom. The van der Waals surface area contributed by atoms with Crippen LogP contribution in [0, 0.1) is 0 Å². The molecule has 1 aromatic heterocycles. The van der Waals surface area contributed by atoms with Gasteiger partial charge in [0.25, 0.3) is 5.91 Å². The van der Waals surface area contributed by atoms with Crippen LogP contribution < -0.4 is 10.6 Å². The minimum absolute atomic E-state index is 0.153. The van der Waals surface area contributed by atoms with Crippen molar-refractivity contribution >= 4 is 17.8 Å². The zero-order valence-corrected chi connectivity index (χ0v) is 14.3. The molecule has 1 fully saturated rings. The van der Waals surface area contributed by atoms with Gasteiger partial charge in [0.05, 0.1) is 12.8 Å². The summed E-state index contributed by atoms with van der Waals surface area (Å²) in [5, 5.41) is 5.44. The number of benzene rings is 1. The molecule has 2 N–H and O–H groups in total. The lowest BCUT2D eigenvalue weighted by atomic mass is 10.1. The van der Waals surface area contributed by atoms with Gasteiger partial charge in [0.15, 0.2) is 0 Å². The molecule has 0 unspecified atom stereocenters. The highest BCUT2D eigenvalue weighted by Crippen LogP contribution is 2.15. The van der Waals surface area contributed by atoms with E-state index in [-0.39, 0.29) is 31.2 Å². The van der Waals surface area contributed by atoms with Crippen LogP contribution in [-0.2, 0) is 22.6 Å². The molecular formula is C19H21N3O4. The predicted octanol–water partition coefficient (Wildman–Crippen LogP) is 1.84. The van der Waals surface area contributed by atoms with Crippen LogP contribution in [0.3, 0.4) is 0 Å². The third kappa shape index (κ3) is 4.50. The van der Waals surface area contributed by atoms with Gasteiger partial charge in [-0.3, -0.25) is 14.5 Å². The minimum atomic E-state index is -0.651. The number of carbonyl (C=O) groups excluding carboxylic acids is 3. The van der Waals surface area contributed by atoms with Crippen LogP contribution in [0.25, 0.3) is 0 Å². The fourth-order valence-electron chi connectivity index (χ4n) is 2.83. The van der Waals surface area contributed by atoms with Crippen molar-refractivity contribution < 1.29 is 18.8 Å². The summed E-state index contributed by atoms with van der Waals surface area (Å²) in [6.45, 7) is 0.703. The number of hydrogen-bond donors (Lipinski definition) is 2. The van der Waals surface area contributed by atoms with Gasteiger partial charge in [0.2, 0.25) is 5.91 Å². The number of furan rings is 1. The summed E-state index contributed by atoms with van der Waals surface area (Å²) in [4.78, 5) is 37.5. The van der Waals surface area contributed by atoms with Crippen molar-refractivity contribution in [1.29, 1.82) is 0 Å². The Labute approximate surface area is 151 Å². The maximum atomic E-state index is 12.4. The number of amides is 4. The molecule has 2 aromatic rings. The van der Waals surface area contributed by atoms with Crippen molar-refractivity contribution in [1.82, 2.24) is 15.5 Å². The molecule has 4 amide bonds. The van der Waals surface area contributed by atoms with Gasteiger partial charge in [-0.15, -0.1) is 0 Å². The van der Waals surface area contributed by atoms with Gasteiger partial charge in [0.1, 0.15) is 11.8 Å². The molecule has 1 saturated heterocycles. The van der Waals surface area contributed by atoms with Crippen LogP contribution in [0.4, 0.5) is 4.79 Å². The number of urea groups is 1. The molecule has 1 aliphatic rings. The van der Waals surface area contributed by atoms with E-state index in [0.717, 1.165) is 11.3 Å². The van der Waals surface area contributed by atoms with Crippen molar-refractivity contribution in [3.8, 4) is 0 Å². The van der Waals surface area contributed by atoms with E-state index in [0.29, 0.717) is 13.0 Å². The highest BCUT2D eigenvalue weighted by Gasteiger charge is 2.37. The van der Waals surface area contributed by atoms with Gasteiger partial charge < -0.3 is 15.1 Å². The molecule has 7 nitrogen and oxygen atoms in total. The average Bonchev–Trinajstić information content (AvgIpc) is 3.25. The van der Waals surface area contributed by atoms with Gasteiger partial charge >= 0.3 is 6.03 Å². The largest absolute Gasteiger partial charge is 0.469 e. The Bertz CT molecular complexity index is 758. The van der Waals surface area contributed by atoms with E-state index >= 15 is 0 Å². The molecule has 1 aromatic carbocycles. The molecule has 0 bridgehead atoms. The summed E-state index contributed by atoms with van der Waals surface area (Å²) in [5.74, 6) is 0.363. The first kappa shape index (κ1) is 17.7. The first-order valence-electron chi connectivity index (χ1n) is 8.58. The van der Waals surface area contributed by atoms with E-state index in [4.69, 9.17) is 4.42 Å². The monoisotopic (exact) mass is 355 g/mol. The third-order valence-corrected chi connectivity index (χ3v) is 4.22. The first-order valence-corrected chi connectivity index (χ1v) is 8.58. The molecule has 0 aliphatic carbocycles. The van der Waals surface area contributed by atoms with E-state index in [9.17, 15) is 14.4 Å². The lowest BCUT2D eigenvalue weighted by molar-refractivity contribution is -0.128. The summed E-state index contributed by atoms with van der Waals surface area (Å²) in [6, 6.07) is 11.9. The average molecular weight is 355 g/mol. The number of rotatable bonds is 8. The molecule has 7 heteroatoms. The Morgan fingerprint density at radius 1 is 1.15 bits per heavy atom. The zero-order chi connectivity index (χ0) is 18.4. The van der Waals surface area contributed by atoms with Crippen molar-refractivity contribution in [3.63, 3.8) is 0 Å². The van der Waals surface area contributed by atoms with Crippen molar-refractivity contribution in [2.45, 2.75) is 31.8 Å². The highest BCUT2D eigenvalue weighted by molar-refractivity contribution is 6.04. The molecule has 1 aliphatic heterocycles. The quantitative estimate of drug-likeness (QED) is 0.707. The molecule has 2 heterocycles. The number of nitrogens with one attached hydrogen (secondary N) is 2. The van der Waals surface area contributed by atoms with Crippen molar-refractivity contribution in [3.05, 3.63) is 60.1 Å². The lowest BCUT2D eigenvalue weighted by Crippen LogP contribution is -2.33. The maximum absolute atomic E-state index is 12.4. The molecule has 0 spiro atoms. The summed E-state index contributed by atoms with van der Waals surface area (Å²) in [5.41, 5.74) is 0.882.